The maximum absolute atomic E-state index is 11.5. The first kappa shape index (κ1) is 10.4. The largest absolute Gasteiger partial charge is 0.461 e. The average Bonchev–Trinajstić information content (AvgIpc) is 2.28. The predicted octanol–water partition coefficient (Wildman–Crippen LogP) is 1.99. The maximum atomic E-state index is 11.5. The maximum Gasteiger partial charge on any atom is 0.356 e. The minimum atomic E-state index is -0.410. The summed E-state index contributed by atoms with van der Waals surface area (Å²) in [5.74, 6) is -0.410. The lowest BCUT2D eigenvalue weighted by Gasteiger charge is -2.03. The minimum absolute atomic E-state index is 0.306. The monoisotopic (exact) mass is 216 g/mol. The van der Waals surface area contributed by atoms with Crippen molar-refractivity contribution in [2.24, 2.45) is 0 Å². The molecule has 0 atom stereocenters. The van der Waals surface area contributed by atoms with E-state index < -0.39 is 5.97 Å². The molecule has 82 valence electrons. The number of fused-ring (bicyclic) bond motifs is 1. The first-order chi connectivity index (χ1) is 7.70. The molecule has 0 bridgehead atoms. The molecular formula is C12H12N2O2. The molecule has 0 saturated carbocycles. The van der Waals surface area contributed by atoms with E-state index in [2.05, 4.69) is 4.98 Å². The number of benzene rings is 1. The van der Waals surface area contributed by atoms with Crippen molar-refractivity contribution >= 4 is 22.6 Å². The number of rotatable bonds is 2. The molecule has 2 N–H and O–H groups in total. The number of ether oxygens (including phenoxy) is 1. The van der Waals surface area contributed by atoms with Gasteiger partial charge in [-0.2, -0.15) is 0 Å². The Hall–Kier alpha value is -2.10. The summed E-state index contributed by atoms with van der Waals surface area (Å²) in [7, 11) is 0. The van der Waals surface area contributed by atoms with Gasteiger partial charge in [-0.3, -0.25) is 0 Å². The van der Waals surface area contributed by atoms with Gasteiger partial charge in [-0.25, -0.2) is 9.78 Å². The first-order valence-electron chi connectivity index (χ1n) is 5.04. The van der Waals surface area contributed by atoms with Crippen molar-refractivity contribution < 1.29 is 9.53 Å². The third kappa shape index (κ3) is 1.95. The van der Waals surface area contributed by atoms with E-state index in [4.69, 9.17) is 10.5 Å². The Kier molecular flexibility index (Phi) is 2.72. The highest BCUT2D eigenvalue weighted by atomic mass is 16.5. The summed E-state index contributed by atoms with van der Waals surface area (Å²) < 4.78 is 4.87. The van der Waals surface area contributed by atoms with Crippen LogP contribution in [-0.2, 0) is 4.74 Å². The zero-order valence-corrected chi connectivity index (χ0v) is 8.93. The fourth-order valence-electron chi connectivity index (χ4n) is 1.45. The molecule has 4 heteroatoms. The fraction of sp³-hybridized carbons (Fsp3) is 0.167. The van der Waals surface area contributed by atoms with E-state index in [1.165, 1.54) is 0 Å². The van der Waals surface area contributed by atoms with Crippen molar-refractivity contribution in [2.45, 2.75) is 6.92 Å². The van der Waals surface area contributed by atoms with Crippen LogP contribution in [0.3, 0.4) is 0 Å². The van der Waals surface area contributed by atoms with Gasteiger partial charge in [-0.1, -0.05) is 12.1 Å². The molecule has 1 heterocycles. The number of nitrogens with two attached hydrogens (primary N) is 1. The summed E-state index contributed by atoms with van der Waals surface area (Å²) in [5.41, 5.74) is 7.28. The minimum Gasteiger partial charge on any atom is -0.461 e. The lowest BCUT2D eigenvalue weighted by atomic mass is 10.2. The normalized spacial score (nSPS) is 10.3. The Morgan fingerprint density at radius 2 is 2.12 bits per heavy atom. The number of pyridine rings is 1. The third-order valence-corrected chi connectivity index (χ3v) is 2.20. The van der Waals surface area contributed by atoms with Crippen LogP contribution in [0.4, 0.5) is 5.69 Å². The molecular weight excluding hydrogens is 204 g/mol. The van der Waals surface area contributed by atoms with E-state index in [1.54, 1.807) is 25.1 Å². The Morgan fingerprint density at radius 3 is 2.88 bits per heavy atom. The van der Waals surface area contributed by atoms with Gasteiger partial charge in [0.2, 0.25) is 0 Å². The lowest BCUT2D eigenvalue weighted by molar-refractivity contribution is 0.0520. The van der Waals surface area contributed by atoms with Gasteiger partial charge in [0.25, 0.3) is 0 Å². The van der Waals surface area contributed by atoms with Crippen molar-refractivity contribution in [3.63, 3.8) is 0 Å². The second-order valence-electron chi connectivity index (χ2n) is 3.37. The Morgan fingerprint density at radius 1 is 1.38 bits per heavy atom. The summed E-state index contributed by atoms with van der Waals surface area (Å²) in [6.45, 7) is 2.10. The zero-order valence-electron chi connectivity index (χ0n) is 8.93. The van der Waals surface area contributed by atoms with E-state index in [9.17, 15) is 4.79 Å². The van der Waals surface area contributed by atoms with Crippen LogP contribution in [0.15, 0.2) is 30.3 Å². The molecule has 0 aliphatic heterocycles. The Balaban J connectivity index is 2.46. The molecule has 2 rings (SSSR count). The standard InChI is InChI=1S/C12H12N2O2/c1-2-16-12(15)10-6-4-8-3-5-9(13)7-11(8)14-10/h3-7H,2,13H2,1H3. The molecule has 1 aromatic carbocycles. The SMILES string of the molecule is CCOC(=O)c1ccc2ccc(N)cc2n1. The molecule has 0 radical (unpaired) electrons. The molecule has 1 aromatic heterocycles. The number of aromatic nitrogens is 1. The first-order valence-corrected chi connectivity index (χ1v) is 5.04. The van der Waals surface area contributed by atoms with Crippen LogP contribution in [0, 0.1) is 0 Å². The van der Waals surface area contributed by atoms with E-state index in [1.807, 2.05) is 12.1 Å². The van der Waals surface area contributed by atoms with Gasteiger partial charge in [0, 0.05) is 11.1 Å². The van der Waals surface area contributed by atoms with Gasteiger partial charge in [-0.15, -0.1) is 0 Å². The van der Waals surface area contributed by atoms with Crippen molar-refractivity contribution in [3.8, 4) is 0 Å². The van der Waals surface area contributed by atoms with Crippen molar-refractivity contribution in [1.29, 1.82) is 0 Å². The number of nitrogens with zero attached hydrogens (tertiary/aromatic N) is 1. The van der Waals surface area contributed by atoms with Crippen LogP contribution < -0.4 is 5.73 Å². The second-order valence-corrected chi connectivity index (χ2v) is 3.37. The molecule has 0 amide bonds. The van der Waals surface area contributed by atoms with Gasteiger partial charge in [0.05, 0.1) is 12.1 Å². The average molecular weight is 216 g/mol. The Bertz CT molecular complexity index is 538. The number of anilines is 1. The molecule has 0 fully saturated rings. The van der Waals surface area contributed by atoms with E-state index >= 15 is 0 Å². The molecule has 0 spiro atoms. The van der Waals surface area contributed by atoms with E-state index in [0.717, 1.165) is 5.39 Å². The summed E-state index contributed by atoms with van der Waals surface area (Å²) >= 11 is 0. The van der Waals surface area contributed by atoms with Gasteiger partial charge in [-0.05, 0) is 25.1 Å². The highest BCUT2D eigenvalue weighted by Crippen LogP contribution is 2.16. The molecule has 4 nitrogen and oxygen atoms in total. The highest BCUT2D eigenvalue weighted by molar-refractivity contribution is 5.91. The molecule has 16 heavy (non-hydrogen) atoms. The van der Waals surface area contributed by atoms with Crippen LogP contribution in [0.1, 0.15) is 17.4 Å². The van der Waals surface area contributed by atoms with Crippen LogP contribution >= 0.6 is 0 Å². The highest BCUT2D eigenvalue weighted by Gasteiger charge is 2.08. The van der Waals surface area contributed by atoms with Gasteiger partial charge in [0.15, 0.2) is 0 Å². The van der Waals surface area contributed by atoms with Crippen molar-refractivity contribution in [3.05, 3.63) is 36.0 Å². The number of carbonyl (C=O) groups excluding carboxylic acids is 1. The van der Waals surface area contributed by atoms with Crippen LogP contribution in [-0.4, -0.2) is 17.6 Å². The number of esters is 1. The van der Waals surface area contributed by atoms with Crippen LogP contribution in [0.2, 0.25) is 0 Å². The summed E-state index contributed by atoms with van der Waals surface area (Å²) in [6, 6.07) is 8.88. The second kappa shape index (κ2) is 4.18. The molecule has 0 aliphatic rings. The lowest BCUT2D eigenvalue weighted by Crippen LogP contribution is -2.06. The summed E-state index contributed by atoms with van der Waals surface area (Å²) in [4.78, 5) is 15.7. The quantitative estimate of drug-likeness (QED) is 0.616. The van der Waals surface area contributed by atoms with Gasteiger partial charge in [0.1, 0.15) is 5.69 Å². The third-order valence-electron chi connectivity index (χ3n) is 2.20. The smallest absolute Gasteiger partial charge is 0.356 e. The fourth-order valence-corrected chi connectivity index (χ4v) is 1.45. The molecule has 0 saturated heterocycles. The topological polar surface area (TPSA) is 65.2 Å². The summed E-state index contributed by atoms with van der Waals surface area (Å²) in [5, 5.41) is 0.947. The van der Waals surface area contributed by atoms with Crippen LogP contribution in [0.5, 0.6) is 0 Å². The predicted molar refractivity (Wildman–Crippen MR) is 62.1 cm³/mol. The molecule has 0 aliphatic carbocycles. The van der Waals surface area contributed by atoms with Crippen molar-refractivity contribution in [2.75, 3.05) is 12.3 Å². The van der Waals surface area contributed by atoms with Crippen molar-refractivity contribution in [1.82, 2.24) is 4.98 Å². The number of hydrogen-bond acceptors (Lipinski definition) is 4. The van der Waals surface area contributed by atoms with E-state index in [-0.39, 0.29) is 0 Å². The molecule has 2 aromatic rings. The number of carbonyl (C=O) groups is 1. The van der Waals surface area contributed by atoms with Gasteiger partial charge < -0.3 is 10.5 Å². The van der Waals surface area contributed by atoms with E-state index in [0.29, 0.717) is 23.5 Å². The molecule has 0 unspecified atom stereocenters. The van der Waals surface area contributed by atoms with Crippen LogP contribution in [0.25, 0.3) is 10.9 Å². The number of nitrogen functional groups attached to an aromatic ring is 1. The van der Waals surface area contributed by atoms with Gasteiger partial charge >= 0.3 is 5.97 Å². The Labute approximate surface area is 93.0 Å². The zero-order chi connectivity index (χ0) is 11.5. The number of hydrogen-bond donors (Lipinski definition) is 1. The summed E-state index contributed by atoms with van der Waals surface area (Å²) in [6.07, 6.45) is 0.